The molecule has 212 valence electrons. The SMILES string of the molecule is Cc1ccccc1CN(C(=O)CN(c1ccc(Br)cc1)S(C)(=O)=O)C(Cc1ccccc1)C(=O)NC1CCCC1. The second-order valence-electron chi connectivity index (χ2n) is 10.4. The molecule has 7 nitrogen and oxygen atoms in total. The minimum Gasteiger partial charge on any atom is -0.352 e. The number of aryl methyl sites for hydroxylation is 1. The molecule has 4 rings (SSSR count). The molecule has 1 unspecified atom stereocenters. The van der Waals surface area contributed by atoms with Crippen molar-refractivity contribution in [3.05, 3.63) is 100 Å². The Morgan fingerprint density at radius 2 is 1.57 bits per heavy atom. The largest absolute Gasteiger partial charge is 0.352 e. The van der Waals surface area contributed by atoms with Gasteiger partial charge < -0.3 is 10.2 Å². The van der Waals surface area contributed by atoms with Crippen LogP contribution in [0.1, 0.15) is 42.4 Å². The first-order valence-electron chi connectivity index (χ1n) is 13.5. The van der Waals surface area contributed by atoms with Crippen LogP contribution in [0, 0.1) is 6.92 Å². The van der Waals surface area contributed by atoms with E-state index in [2.05, 4.69) is 21.2 Å². The lowest BCUT2D eigenvalue weighted by Crippen LogP contribution is -2.54. The van der Waals surface area contributed by atoms with Gasteiger partial charge in [0.1, 0.15) is 12.6 Å². The predicted molar refractivity (Wildman–Crippen MR) is 162 cm³/mol. The van der Waals surface area contributed by atoms with E-state index in [0.717, 1.165) is 57.4 Å². The van der Waals surface area contributed by atoms with Gasteiger partial charge in [0.2, 0.25) is 21.8 Å². The third-order valence-electron chi connectivity index (χ3n) is 7.37. The average molecular weight is 627 g/mol. The summed E-state index contributed by atoms with van der Waals surface area (Å²) in [5.41, 5.74) is 3.19. The number of carbonyl (C=O) groups excluding carboxylic acids is 2. The standard InChI is InChI=1S/C31H36BrN3O4S/c1-23-10-6-7-13-25(23)21-34(30(36)22-35(40(2,38)39)28-18-16-26(32)17-19-28)29(20-24-11-4-3-5-12-24)31(37)33-27-14-8-9-15-27/h3-7,10-13,16-19,27,29H,8-9,14-15,20-22H2,1-2H3,(H,33,37). The van der Waals surface area contributed by atoms with Crippen molar-refractivity contribution >= 4 is 43.5 Å². The first-order chi connectivity index (χ1) is 19.1. The van der Waals surface area contributed by atoms with Gasteiger partial charge in [-0.25, -0.2) is 8.42 Å². The van der Waals surface area contributed by atoms with Gasteiger partial charge >= 0.3 is 0 Å². The lowest BCUT2D eigenvalue weighted by molar-refractivity contribution is -0.140. The van der Waals surface area contributed by atoms with Crippen molar-refractivity contribution in [1.29, 1.82) is 0 Å². The molecular formula is C31H36BrN3O4S. The fourth-order valence-electron chi connectivity index (χ4n) is 5.11. The third kappa shape index (κ3) is 7.95. The second kappa shape index (κ2) is 13.5. The highest BCUT2D eigenvalue weighted by Crippen LogP contribution is 2.24. The molecule has 3 aromatic rings. The quantitative estimate of drug-likeness (QED) is 0.316. The zero-order chi connectivity index (χ0) is 28.7. The summed E-state index contributed by atoms with van der Waals surface area (Å²) >= 11 is 3.38. The summed E-state index contributed by atoms with van der Waals surface area (Å²) in [4.78, 5) is 29.6. The summed E-state index contributed by atoms with van der Waals surface area (Å²) in [5.74, 6) is -0.661. The van der Waals surface area contributed by atoms with Gasteiger partial charge in [0, 0.05) is 23.5 Å². The fraction of sp³-hybridized carbons (Fsp3) is 0.355. The molecule has 1 aliphatic rings. The number of rotatable bonds is 11. The summed E-state index contributed by atoms with van der Waals surface area (Å²) in [5, 5.41) is 3.19. The van der Waals surface area contributed by atoms with E-state index in [-0.39, 0.29) is 18.5 Å². The number of hydrogen-bond donors (Lipinski definition) is 1. The van der Waals surface area contributed by atoms with Crippen LogP contribution in [0.2, 0.25) is 0 Å². The Morgan fingerprint density at radius 1 is 0.950 bits per heavy atom. The average Bonchev–Trinajstić information content (AvgIpc) is 3.44. The second-order valence-corrected chi connectivity index (χ2v) is 13.2. The first kappa shape index (κ1) is 29.8. The maximum Gasteiger partial charge on any atom is 0.244 e. The molecule has 0 spiro atoms. The number of nitrogens with one attached hydrogen (secondary N) is 1. The van der Waals surface area contributed by atoms with Gasteiger partial charge in [-0.1, -0.05) is 83.4 Å². The van der Waals surface area contributed by atoms with Crippen molar-refractivity contribution in [3.63, 3.8) is 0 Å². The van der Waals surface area contributed by atoms with Crippen LogP contribution in [0.4, 0.5) is 5.69 Å². The number of halogens is 1. The van der Waals surface area contributed by atoms with E-state index in [1.54, 1.807) is 29.2 Å². The van der Waals surface area contributed by atoms with E-state index in [0.29, 0.717) is 12.1 Å². The number of carbonyl (C=O) groups is 2. The van der Waals surface area contributed by atoms with Crippen molar-refractivity contribution in [2.24, 2.45) is 0 Å². The van der Waals surface area contributed by atoms with E-state index in [4.69, 9.17) is 0 Å². The van der Waals surface area contributed by atoms with E-state index in [1.165, 1.54) is 0 Å². The van der Waals surface area contributed by atoms with Gasteiger partial charge in [-0.2, -0.15) is 0 Å². The lowest BCUT2D eigenvalue weighted by atomic mass is 10.0. The van der Waals surface area contributed by atoms with Crippen molar-refractivity contribution in [2.75, 3.05) is 17.1 Å². The van der Waals surface area contributed by atoms with Crippen LogP contribution >= 0.6 is 15.9 Å². The summed E-state index contributed by atoms with van der Waals surface area (Å²) in [6.07, 6.45) is 5.37. The zero-order valence-electron chi connectivity index (χ0n) is 22.9. The number of hydrogen-bond acceptors (Lipinski definition) is 4. The molecule has 1 atom stereocenters. The minimum atomic E-state index is -3.79. The molecule has 0 saturated heterocycles. The van der Waals surface area contributed by atoms with Crippen LogP contribution < -0.4 is 9.62 Å². The van der Waals surface area contributed by atoms with E-state index in [1.807, 2.05) is 61.5 Å². The molecule has 1 fully saturated rings. The molecule has 1 saturated carbocycles. The predicted octanol–water partition coefficient (Wildman–Crippen LogP) is 5.22. The molecule has 0 radical (unpaired) electrons. The summed E-state index contributed by atoms with van der Waals surface area (Å²) in [6, 6.07) is 23.4. The number of benzene rings is 3. The molecule has 9 heteroatoms. The summed E-state index contributed by atoms with van der Waals surface area (Å²) in [6.45, 7) is 1.72. The molecule has 3 aromatic carbocycles. The van der Waals surface area contributed by atoms with Crippen LogP contribution in [0.15, 0.2) is 83.3 Å². The van der Waals surface area contributed by atoms with Gasteiger partial charge in [0.25, 0.3) is 0 Å². The molecule has 2 amide bonds. The Bertz CT molecular complexity index is 1410. The molecule has 0 aromatic heterocycles. The molecule has 0 aliphatic heterocycles. The van der Waals surface area contributed by atoms with Crippen LogP contribution in [-0.4, -0.2) is 50.0 Å². The molecule has 0 heterocycles. The van der Waals surface area contributed by atoms with Crippen molar-refractivity contribution in [2.45, 2.75) is 57.7 Å². The van der Waals surface area contributed by atoms with E-state index < -0.39 is 28.5 Å². The molecule has 40 heavy (non-hydrogen) atoms. The third-order valence-corrected chi connectivity index (χ3v) is 9.04. The van der Waals surface area contributed by atoms with Crippen molar-refractivity contribution in [1.82, 2.24) is 10.2 Å². The Kier molecular flexibility index (Phi) is 10.0. The Hall–Kier alpha value is -3.17. The monoisotopic (exact) mass is 625 g/mol. The van der Waals surface area contributed by atoms with Crippen LogP contribution in [-0.2, 0) is 32.6 Å². The highest BCUT2D eigenvalue weighted by atomic mass is 79.9. The Morgan fingerprint density at radius 3 is 2.20 bits per heavy atom. The van der Waals surface area contributed by atoms with Gasteiger partial charge in [0.15, 0.2) is 0 Å². The normalized spacial score (nSPS) is 14.5. The number of sulfonamides is 1. The van der Waals surface area contributed by atoms with Gasteiger partial charge in [0.05, 0.1) is 11.9 Å². The van der Waals surface area contributed by atoms with Crippen LogP contribution in [0.5, 0.6) is 0 Å². The Balaban J connectivity index is 1.72. The minimum absolute atomic E-state index is 0.0801. The number of nitrogens with zero attached hydrogens (tertiary/aromatic N) is 2. The molecule has 0 bridgehead atoms. The molecular weight excluding hydrogens is 590 g/mol. The highest BCUT2D eigenvalue weighted by Gasteiger charge is 2.34. The van der Waals surface area contributed by atoms with E-state index in [9.17, 15) is 18.0 Å². The van der Waals surface area contributed by atoms with Gasteiger partial charge in [-0.15, -0.1) is 0 Å². The number of amides is 2. The Labute approximate surface area is 245 Å². The lowest BCUT2D eigenvalue weighted by Gasteiger charge is -2.34. The maximum absolute atomic E-state index is 14.2. The van der Waals surface area contributed by atoms with Crippen molar-refractivity contribution in [3.8, 4) is 0 Å². The van der Waals surface area contributed by atoms with Crippen LogP contribution in [0.25, 0.3) is 0 Å². The fourth-order valence-corrected chi connectivity index (χ4v) is 6.23. The molecule has 1 N–H and O–H groups in total. The highest BCUT2D eigenvalue weighted by molar-refractivity contribution is 9.10. The molecule has 1 aliphatic carbocycles. The zero-order valence-corrected chi connectivity index (χ0v) is 25.3. The first-order valence-corrected chi connectivity index (χ1v) is 16.2. The van der Waals surface area contributed by atoms with Gasteiger partial charge in [-0.3, -0.25) is 13.9 Å². The van der Waals surface area contributed by atoms with E-state index >= 15 is 0 Å². The smallest absolute Gasteiger partial charge is 0.244 e. The summed E-state index contributed by atoms with van der Waals surface area (Å²) < 4.78 is 27.6. The van der Waals surface area contributed by atoms with Gasteiger partial charge in [-0.05, 0) is 60.7 Å². The van der Waals surface area contributed by atoms with Crippen molar-refractivity contribution < 1.29 is 18.0 Å². The summed E-state index contributed by atoms with van der Waals surface area (Å²) in [7, 11) is -3.79. The topological polar surface area (TPSA) is 86.8 Å². The number of anilines is 1. The maximum atomic E-state index is 14.2. The van der Waals surface area contributed by atoms with Crippen LogP contribution in [0.3, 0.4) is 0 Å².